The topological polar surface area (TPSA) is 42.2 Å². The molecular formula is C20H29NO2. The summed E-state index contributed by atoms with van der Waals surface area (Å²) in [6.07, 6.45) is 6.51. The molecule has 1 aromatic heterocycles. The Morgan fingerprint density at radius 1 is 1.13 bits per heavy atom. The second kappa shape index (κ2) is 7.67. The SMILES string of the molecule is CCCCc1c(C)n(CCCC)c2c(CC)cc(C(=O)O)cc12. The zero-order valence-corrected chi connectivity index (χ0v) is 14.9. The van der Waals surface area contributed by atoms with Crippen molar-refractivity contribution in [3.8, 4) is 0 Å². The molecule has 126 valence electrons. The van der Waals surface area contributed by atoms with Gasteiger partial charge in [0.25, 0.3) is 0 Å². The van der Waals surface area contributed by atoms with Crippen LogP contribution in [-0.4, -0.2) is 15.6 Å². The van der Waals surface area contributed by atoms with Crippen molar-refractivity contribution in [2.24, 2.45) is 0 Å². The average Bonchev–Trinajstić information content (AvgIpc) is 2.81. The Morgan fingerprint density at radius 2 is 1.83 bits per heavy atom. The van der Waals surface area contributed by atoms with Crippen LogP contribution in [0.4, 0.5) is 0 Å². The van der Waals surface area contributed by atoms with Gasteiger partial charge in [0.15, 0.2) is 0 Å². The molecule has 0 aliphatic rings. The van der Waals surface area contributed by atoms with Crippen molar-refractivity contribution in [1.82, 2.24) is 4.57 Å². The Hall–Kier alpha value is -1.77. The van der Waals surface area contributed by atoms with Crippen LogP contribution in [0, 0.1) is 6.92 Å². The third-order valence-electron chi connectivity index (χ3n) is 4.77. The summed E-state index contributed by atoms with van der Waals surface area (Å²) < 4.78 is 2.42. The smallest absolute Gasteiger partial charge is 0.335 e. The minimum absolute atomic E-state index is 0.416. The van der Waals surface area contributed by atoms with Crippen molar-refractivity contribution in [3.05, 3.63) is 34.5 Å². The number of benzene rings is 1. The fourth-order valence-electron chi connectivity index (χ4n) is 3.43. The molecule has 0 aliphatic carbocycles. The lowest BCUT2D eigenvalue weighted by Gasteiger charge is -2.11. The number of fused-ring (bicyclic) bond motifs is 1. The first kappa shape index (κ1) is 17.6. The minimum atomic E-state index is -0.831. The van der Waals surface area contributed by atoms with Crippen LogP contribution in [0.2, 0.25) is 0 Å². The molecule has 2 aromatic rings. The molecule has 0 bridgehead atoms. The number of rotatable bonds is 8. The number of aromatic carboxylic acids is 1. The molecule has 0 atom stereocenters. The zero-order chi connectivity index (χ0) is 17.0. The van der Waals surface area contributed by atoms with E-state index in [1.54, 1.807) is 0 Å². The normalized spacial score (nSPS) is 11.3. The zero-order valence-electron chi connectivity index (χ0n) is 14.9. The van der Waals surface area contributed by atoms with Crippen LogP contribution in [0.5, 0.6) is 0 Å². The van der Waals surface area contributed by atoms with Gasteiger partial charge in [-0.05, 0) is 55.9 Å². The lowest BCUT2D eigenvalue weighted by Crippen LogP contribution is -2.03. The number of carboxylic acid groups (broad SMARTS) is 1. The molecule has 3 heteroatoms. The van der Waals surface area contributed by atoms with Crippen molar-refractivity contribution in [1.29, 1.82) is 0 Å². The van der Waals surface area contributed by atoms with Gasteiger partial charge < -0.3 is 9.67 Å². The predicted octanol–water partition coefficient (Wildman–Crippen LogP) is 5.35. The van der Waals surface area contributed by atoms with Gasteiger partial charge in [0.1, 0.15) is 0 Å². The van der Waals surface area contributed by atoms with Gasteiger partial charge in [-0.1, -0.05) is 33.6 Å². The summed E-state index contributed by atoms with van der Waals surface area (Å²) in [5.41, 5.74) is 5.49. The van der Waals surface area contributed by atoms with Gasteiger partial charge in [0.2, 0.25) is 0 Å². The van der Waals surface area contributed by atoms with E-state index in [1.165, 1.54) is 16.8 Å². The molecule has 2 rings (SSSR count). The molecule has 0 unspecified atom stereocenters. The summed E-state index contributed by atoms with van der Waals surface area (Å²) in [6.45, 7) is 9.73. The van der Waals surface area contributed by atoms with Gasteiger partial charge in [0.05, 0.1) is 11.1 Å². The maximum atomic E-state index is 11.5. The summed E-state index contributed by atoms with van der Waals surface area (Å²) in [6, 6.07) is 3.74. The van der Waals surface area contributed by atoms with Crippen LogP contribution < -0.4 is 0 Å². The maximum absolute atomic E-state index is 11.5. The maximum Gasteiger partial charge on any atom is 0.335 e. The fourth-order valence-corrected chi connectivity index (χ4v) is 3.43. The van der Waals surface area contributed by atoms with Crippen molar-refractivity contribution in [3.63, 3.8) is 0 Å². The van der Waals surface area contributed by atoms with Crippen molar-refractivity contribution < 1.29 is 9.90 Å². The van der Waals surface area contributed by atoms with Crippen LogP contribution >= 0.6 is 0 Å². The van der Waals surface area contributed by atoms with Gasteiger partial charge >= 0.3 is 5.97 Å². The molecule has 0 saturated carbocycles. The monoisotopic (exact) mass is 315 g/mol. The van der Waals surface area contributed by atoms with Gasteiger partial charge in [-0.2, -0.15) is 0 Å². The van der Waals surface area contributed by atoms with Gasteiger partial charge in [0, 0.05) is 17.6 Å². The first-order valence-corrected chi connectivity index (χ1v) is 8.92. The largest absolute Gasteiger partial charge is 0.478 e. The Kier molecular flexibility index (Phi) is 5.86. The molecule has 0 radical (unpaired) electrons. The molecule has 23 heavy (non-hydrogen) atoms. The van der Waals surface area contributed by atoms with Gasteiger partial charge in [-0.3, -0.25) is 0 Å². The van der Waals surface area contributed by atoms with Crippen molar-refractivity contribution in [2.75, 3.05) is 0 Å². The van der Waals surface area contributed by atoms with Crippen LogP contribution in [0.15, 0.2) is 12.1 Å². The van der Waals surface area contributed by atoms with E-state index in [0.29, 0.717) is 5.56 Å². The predicted molar refractivity (Wildman–Crippen MR) is 96.5 cm³/mol. The molecule has 3 nitrogen and oxygen atoms in total. The van der Waals surface area contributed by atoms with Gasteiger partial charge in [-0.15, -0.1) is 0 Å². The highest BCUT2D eigenvalue weighted by Gasteiger charge is 2.18. The molecule has 0 spiro atoms. The number of aryl methyl sites for hydroxylation is 3. The average molecular weight is 315 g/mol. The van der Waals surface area contributed by atoms with Crippen LogP contribution in [0.1, 0.15) is 73.6 Å². The first-order chi connectivity index (χ1) is 11.0. The highest BCUT2D eigenvalue weighted by Crippen LogP contribution is 2.32. The van der Waals surface area contributed by atoms with E-state index in [2.05, 4.69) is 32.3 Å². The second-order valence-corrected chi connectivity index (χ2v) is 6.36. The van der Waals surface area contributed by atoms with Crippen LogP contribution in [0.25, 0.3) is 10.9 Å². The number of aromatic nitrogens is 1. The lowest BCUT2D eigenvalue weighted by atomic mass is 9.99. The molecule has 0 aliphatic heterocycles. The van der Waals surface area contributed by atoms with Gasteiger partial charge in [-0.25, -0.2) is 4.79 Å². The third-order valence-corrected chi connectivity index (χ3v) is 4.77. The van der Waals surface area contributed by atoms with Crippen LogP contribution in [-0.2, 0) is 19.4 Å². The number of nitrogens with zero attached hydrogens (tertiary/aromatic N) is 1. The number of unbranched alkanes of at least 4 members (excludes halogenated alkanes) is 2. The Bertz CT molecular complexity index is 697. The number of carbonyl (C=O) groups is 1. The lowest BCUT2D eigenvalue weighted by molar-refractivity contribution is 0.0697. The fraction of sp³-hybridized carbons (Fsp3) is 0.550. The summed E-state index contributed by atoms with van der Waals surface area (Å²) >= 11 is 0. The Balaban J connectivity index is 2.73. The number of hydrogen-bond acceptors (Lipinski definition) is 1. The molecule has 0 fully saturated rings. The van der Waals surface area contributed by atoms with E-state index in [4.69, 9.17) is 0 Å². The van der Waals surface area contributed by atoms with E-state index in [9.17, 15) is 9.90 Å². The van der Waals surface area contributed by atoms with Crippen molar-refractivity contribution >= 4 is 16.9 Å². The molecular weight excluding hydrogens is 286 g/mol. The number of carboxylic acids is 1. The molecule has 1 aromatic carbocycles. The molecule has 0 amide bonds. The minimum Gasteiger partial charge on any atom is -0.478 e. The summed E-state index contributed by atoms with van der Waals surface area (Å²) in [7, 11) is 0. The second-order valence-electron chi connectivity index (χ2n) is 6.36. The Labute approximate surface area is 139 Å². The standard InChI is InChI=1S/C20H29NO2/c1-5-8-10-17-14(4)21(11-9-6-2)19-15(7-3)12-16(20(22)23)13-18(17)19/h12-13H,5-11H2,1-4H3,(H,22,23). The van der Waals surface area contributed by atoms with E-state index in [-0.39, 0.29) is 0 Å². The van der Waals surface area contributed by atoms with E-state index < -0.39 is 5.97 Å². The summed E-state index contributed by atoms with van der Waals surface area (Å²) in [5, 5.41) is 10.6. The number of hydrogen-bond donors (Lipinski definition) is 1. The summed E-state index contributed by atoms with van der Waals surface area (Å²) in [5.74, 6) is -0.831. The molecule has 0 saturated heterocycles. The molecule has 1 heterocycles. The summed E-state index contributed by atoms with van der Waals surface area (Å²) in [4.78, 5) is 11.5. The quantitative estimate of drug-likeness (QED) is 0.713. The van der Waals surface area contributed by atoms with E-state index in [0.717, 1.165) is 56.0 Å². The molecule has 1 N–H and O–H groups in total. The van der Waals surface area contributed by atoms with E-state index in [1.807, 2.05) is 12.1 Å². The van der Waals surface area contributed by atoms with Crippen LogP contribution in [0.3, 0.4) is 0 Å². The highest BCUT2D eigenvalue weighted by molar-refractivity contribution is 5.97. The first-order valence-electron chi connectivity index (χ1n) is 8.92. The highest BCUT2D eigenvalue weighted by atomic mass is 16.4. The third kappa shape index (κ3) is 3.44. The Morgan fingerprint density at radius 3 is 2.39 bits per heavy atom. The van der Waals surface area contributed by atoms with E-state index >= 15 is 0 Å². The van der Waals surface area contributed by atoms with Crippen molar-refractivity contribution in [2.45, 2.75) is 72.8 Å².